The fourth-order valence-corrected chi connectivity index (χ4v) is 1.51. The first-order valence-corrected chi connectivity index (χ1v) is 5.80. The summed E-state index contributed by atoms with van der Waals surface area (Å²) in [5.74, 6) is -0.677. The molecule has 0 spiro atoms. The monoisotopic (exact) mass is 289 g/mol. The zero-order chi connectivity index (χ0) is 14.4. The van der Waals surface area contributed by atoms with Crippen molar-refractivity contribution in [3.8, 4) is 0 Å². The normalized spacial score (nSPS) is 10.5. The number of aromatic nitrogens is 1. The Kier molecular flexibility index (Phi) is 5.71. The Morgan fingerprint density at radius 1 is 1.53 bits per heavy atom. The zero-order valence-corrected chi connectivity index (χ0v) is 10.7. The van der Waals surface area contributed by atoms with Gasteiger partial charge in [-0.1, -0.05) is 12.2 Å². The van der Waals surface area contributed by atoms with Crippen LogP contribution in [0.4, 0.5) is 8.78 Å². The van der Waals surface area contributed by atoms with E-state index in [-0.39, 0.29) is 17.2 Å². The molecule has 0 aliphatic carbocycles. The van der Waals surface area contributed by atoms with Crippen molar-refractivity contribution in [1.29, 1.82) is 0 Å². The van der Waals surface area contributed by atoms with Crippen molar-refractivity contribution >= 4 is 23.1 Å². The lowest BCUT2D eigenvalue weighted by atomic mass is 10.2. The second-order valence-corrected chi connectivity index (χ2v) is 4.10. The van der Waals surface area contributed by atoms with E-state index in [1.165, 1.54) is 18.3 Å². The Bertz CT molecular complexity index is 454. The van der Waals surface area contributed by atoms with Crippen molar-refractivity contribution in [3.63, 3.8) is 0 Å². The predicted molar refractivity (Wildman–Crippen MR) is 69.1 cm³/mol. The lowest BCUT2D eigenvalue weighted by Gasteiger charge is -2.20. The highest BCUT2D eigenvalue weighted by molar-refractivity contribution is 7.80. The first-order valence-electron chi connectivity index (χ1n) is 5.40. The molecule has 0 aromatic carbocycles. The summed E-state index contributed by atoms with van der Waals surface area (Å²) in [5.41, 5.74) is 5.85. The molecule has 0 bridgehead atoms. The molecule has 104 valence electrons. The van der Waals surface area contributed by atoms with Gasteiger partial charge in [-0.3, -0.25) is 9.78 Å². The van der Waals surface area contributed by atoms with Crippen LogP contribution in [0.15, 0.2) is 18.3 Å². The van der Waals surface area contributed by atoms with Gasteiger partial charge in [0, 0.05) is 18.3 Å². The van der Waals surface area contributed by atoms with Crippen molar-refractivity contribution in [3.05, 3.63) is 29.6 Å². The number of nitrogens with zero attached hydrogens (tertiary/aromatic N) is 2. The van der Waals surface area contributed by atoms with Gasteiger partial charge in [0.25, 0.3) is 12.3 Å². The highest BCUT2D eigenvalue weighted by atomic mass is 32.1. The van der Waals surface area contributed by atoms with Crippen LogP contribution in [0, 0.1) is 0 Å². The number of hydrogen-bond acceptors (Lipinski definition) is 4. The average molecular weight is 289 g/mol. The third-order valence-electron chi connectivity index (χ3n) is 2.28. The van der Waals surface area contributed by atoms with E-state index < -0.39 is 25.5 Å². The molecule has 19 heavy (non-hydrogen) atoms. The quantitative estimate of drug-likeness (QED) is 0.742. The maximum absolute atomic E-state index is 12.3. The highest BCUT2D eigenvalue weighted by Gasteiger charge is 2.20. The van der Waals surface area contributed by atoms with Crippen LogP contribution in [0.5, 0.6) is 0 Å². The summed E-state index contributed by atoms with van der Waals surface area (Å²) < 4.78 is 24.6. The van der Waals surface area contributed by atoms with Gasteiger partial charge >= 0.3 is 0 Å². The van der Waals surface area contributed by atoms with Gasteiger partial charge in [0.1, 0.15) is 10.7 Å². The average Bonchev–Trinajstić information content (AvgIpc) is 2.37. The van der Waals surface area contributed by atoms with Crippen LogP contribution in [0.2, 0.25) is 0 Å². The van der Waals surface area contributed by atoms with Crippen LogP contribution < -0.4 is 5.73 Å². The number of pyridine rings is 1. The molecule has 8 heteroatoms. The molecule has 0 aliphatic heterocycles. The van der Waals surface area contributed by atoms with Gasteiger partial charge in [0.05, 0.1) is 13.2 Å². The molecule has 1 aromatic heterocycles. The predicted octanol–water partition coefficient (Wildman–Crippen LogP) is 0.415. The number of alkyl halides is 2. The summed E-state index contributed by atoms with van der Waals surface area (Å²) in [5, 5.41) is 8.77. The van der Waals surface area contributed by atoms with E-state index in [0.717, 1.165) is 4.90 Å². The lowest BCUT2D eigenvalue weighted by molar-refractivity contribution is 0.0504. The number of rotatable bonds is 6. The van der Waals surface area contributed by atoms with E-state index in [0.29, 0.717) is 5.56 Å². The van der Waals surface area contributed by atoms with Crippen LogP contribution in [0.25, 0.3) is 0 Å². The zero-order valence-electron chi connectivity index (χ0n) is 9.92. The third kappa shape index (κ3) is 4.49. The maximum Gasteiger partial charge on any atom is 0.272 e. The number of aliphatic hydroxyl groups excluding tert-OH is 1. The van der Waals surface area contributed by atoms with Crippen LogP contribution in [0.1, 0.15) is 16.1 Å². The van der Waals surface area contributed by atoms with Crippen molar-refractivity contribution in [2.24, 2.45) is 5.73 Å². The first kappa shape index (κ1) is 15.4. The Morgan fingerprint density at radius 3 is 2.63 bits per heavy atom. The minimum Gasteiger partial charge on any atom is -0.395 e. The molecule has 0 unspecified atom stereocenters. The Hall–Kier alpha value is -1.67. The number of amides is 1. The summed E-state index contributed by atoms with van der Waals surface area (Å²) in [6, 6.07) is 2.84. The number of aliphatic hydroxyl groups is 1. The molecule has 1 amide bonds. The number of thiocarbonyl (C=S) groups is 1. The second-order valence-electron chi connectivity index (χ2n) is 3.66. The van der Waals surface area contributed by atoms with Gasteiger partial charge in [0.2, 0.25) is 0 Å². The van der Waals surface area contributed by atoms with E-state index >= 15 is 0 Å². The third-order valence-corrected chi connectivity index (χ3v) is 2.52. The molecule has 1 rings (SSSR count). The fraction of sp³-hybridized carbons (Fsp3) is 0.364. The summed E-state index contributed by atoms with van der Waals surface area (Å²) in [4.78, 5) is 16.7. The van der Waals surface area contributed by atoms with E-state index in [9.17, 15) is 13.6 Å². The molecular formula is C11H13F2N3O2S. The molecule has 5 nitrogen and oxygen atoms in total. The molecule has 0 saturated carbocycles. The molecule has 0 saturated heterocycles. The fourth-order valence-electron chi connectivity index (χ4n) is 1.39. The molecule has 0 fully saturated rings. The lowest BCUT2D eigenvalue weighted by Crippen LogP contribution is -2.37. The van der Waals surface area contributed by atoms with Gasteiger partial charge in [-0.2, -0.15) is 0 Å². The summed E-state index contributed by atoms with van der Waals surface area (Å²) >= 11 is 4.73. The van der Waals surface area contributed by atoms with Crippen molar-refractivity contribution in [1.82, 2.24) is 9.88 Å². The smallest absolute Gasteiger partial charge is 0.272 e. The summed E-state index contributed by atoms with van der Waals surface area (Å²) in [7, 11) is 0. The first-order chi connectivity index (χ1) is 8.95. The Balaban J connectivity index is 2.86. The second kappa shape index (κ2) is 7.05. The van der Waals surface area contributed by atoms with Crippen LogP contribution in [-0.4, -0.2) is 52.0 Å². The number of carbonyl (C=O) groups excluding carboxylic acids is 1. The van der Waals surface area contributed by atoms with E-state index in [1.54, 1.807) is 0 Å². The standard InChI is InChI=1S/C11H13F2N3O2S/c12-9(13)6-16(3-4-17)11(18)8-2-1-7(5-15-8)10(14)19/h1-2,5,9,17H,3-4,6H2,(H2,14,19). The molecule has 0 aliphatic rings. The van der Waals surface area contributed by atoms with E-state index in [2.05, 4.69) is 4.98 Å². The molecule has 3 N–H and O–H groups in total. The van der Waals surface area contributed by atoms with Gasteiger partial charge in [0.15, 0.2) is 0 Å². The van der Waals surface area contributed by atoms with Crippen LogP contribution >= 0.6 is 12.2 Å². The van der Waals surface area contributed by atoms with Gasteiger partial charge in [-0.05, 0) is 12.1 Å². The van der Waals surface area contributed by atoms with Gasteiger partial charge < -0.3 is 15.7 Å². The van der Waals surface area contributed by atoms with Crippen molar-refractivity contribution in [2.75, 3.05) is 19.7 Å². The minimum absolute atomic E-state index is 0.00546. The largest absolute Gasteiger partial charge is 0.395 e. The number of nitrogens with two attached hydrogens (primary N) is 1. The Morgan fingerprint density at radius 2 is 2.21 bits per heavy atom. The maximum atomic E-state index is 12.3. The number of halogens is 2. The SMILES string of the molecule is NC(=S)c1ccc(C(=O)N(CCO)CC(F)F)nc1. The topological polar surface area (TPSA) is 79.5 Å². The number of carbonyl (C=O) groups is 1. The van der Waals surface area contributed by atoms with Gasteiger partial charge in [-0.15, -0.1) is 0 Å². The van der Waals surface area contributed by atoms with Crippen LogP contribution in [-0.2, 0) is 0 Å². The van der Waals surface area contributed by atoms with Crippen molar-refractivity contribution in [2.45, 2.75) is 6.43 Å². The van der Waals surface area contributed by atoms with E-state index in [4.69, 9.17) is 23.1 Å². The van der Waals surface area contributed by atoms with Gasteiger partial charge in [-0.25, -0.2) is 8.78 Å². The summed E-state index contributed by atoms with van der Waals surface area (Å²) in [6.45, 7) is -1.33. The van der Waals surface area contributed by atoms with E-state index in [1.807, 2.05) is 0 Å². The molecule has 1 heterocycles. The molecule has 0 radical (unpaired) electrons. The summed E-state index contributed by atoms with van der Waals surface area (Å²) in [6.07, 6.45) is -1.37. The molecular weight excluding hydrogens is 276 g/mol. The highest BCUT2D eigenvalue weighted by Crippen LogP contribution is 2.06. The van der Waals surface area contributed by atoms with Crippen molar-refractivity contribution < 1.29 is 18.7 Å². The molecule has 1 aromatic rings. The van der Waals surface area contributed by atoms with Crippen LogP contribution in [0.3, 0.4) is 0 Å². The number of hydrogen-bond donors (Lipinski definition) is 2. The minimum atomic E-state index is -2.67. The molecule has 0 atom stereocenters. The Labute approximate surface area is 114 Å².